The van der Waals surface area contributed by atoms with Crippen LogP contribution in [0.4, 0.5) is 0 Å². The second kappa shape index (κ2) is 9.55. The maximum absolute atomic E-state index is 11.5. The molecule has 1 amide bonds. The highest BCUT2D eigenvalue weighted by molar-refractivity contribution is 6.30. The molecular weight excluding hydrogens is 266 g/mol. The summed E-state index contributed by atoms with van der Waals surface area (Å²) in [4.78, 5) is 11.5. The van der Waals surface area contributed by atoms with Gasteiger partial charge in [-0.25, -0.2) is 0 Å². The van der Waals surface area contributed by atoms with Crippen molar-refractivity contribution in [3.63, 3.8) is 0 Å². The van der Waals surface area contributed by atoms with Gasteiger partial charge >= 0.3 is 0 Å². The summed E-state index contributed by atoms with van der Waals surface area (Å²) in [5.74, 6) is -0.142. The lowest BCUT2D eigenvalue weighted by atomic mass is 10.2. The number of aliphatic hydroxyl groups is 1. The van der Waals surface area contributed by atoms with Crippen molar-refractivity contribution >= 4 is 23.6 Å². The van der Waals surface area contributed by atoms with Gasteiger partial charge in [-0.05, 0) is 30.2 Å². The van der Waals surface area contributed by atoms with Crippen molar-refractivity contribution in [2.24, 2.45) is 0 Å². The summed E-state index contributed by atoms with van der Waals surface area (Å²) >= 11 is 5.76. The Labute approximate surface area is 118 Å². The molecule has 1 aromatic carbocycles. The van der Waals surface area contributed by atoms with E-state index in [1.54, 1.807) is 18.2 Å². The van der Waals surface area contributed by atoms with Gasteiger partial charge in [0.05, 0.1) is 13.2 Å². The van der Waals surface area contributed by atoms with E-state index in [1.165, 1.54) is 6.08 Å². The highest BCUT2D eigenvalue weighted by atomic mass is 35.5. The molecule has 0 saturated heterocycles. The standard InChI is InChI=1S/C14H18ClNO3/c15-13-5-2-12(3-6-13)4-7-14(18)16-8-1-10-19-11-9-17/h2-7,17H,1,8-11H2,(H,16,18)/b7-4+. The van der Waals surface area contributed by atoms with Crippen molar-refractivity contribution in [3.8, 4) is 0 Å². The minimum absolute atomic E-state index is 0.0240. The van der Waals surface area contributed by atoms with Gasteiger partial charge in [0.25, 0.3) is 0 Å². The van der Waals surface area contributed by atoms with E-state index >= 15 is 0 Å². The molecule has 0 radical (unpaired) electrons. The molecule has 19 heavy (non-hydrogen) atoms. The van der Waals surface area contributed by atoms with Crippen LogP contribution in [0.15, 0.2) is 30.3 Å². The van der Waals surface area contributed by atoms with Crippen LogP contribution in [0.2, 0.25) is 5.02 Å². The number of halogens is 1. The molecule has 0 atom stereocenters. The summed E-state index contributed by atoms with van der Waals surface area (Å²) in [5, 5.41) is 11.9. The number of hydrogen-bond donors (Lipinski definition) is 2. The Bertz CT molecular complexity index is 404. The first kappa shape index (κ1) is 15.7. The zero-order chi connectivity index (χ0) is 13.9. The van der Waals surface area contributed by atoms with Crippen molar-refractivity contribution in [2.75, 3.05) is 26.4 Å². The van der Waals surface area contributed by atoms with E-state index in [9.17, 15) is 4.79 Å². The number of benzene rings is 1. The van der Waals surface area contributed by atoms with Gasteiger partial charge < -0.3 is 15.2 Å². The SMILES string of the molecule is O=C(/C=C/c1ccc(Cl)cc1)NCCCOCCO. The largest absolute Gasteiger partial charge is 0.394 e. The first-order valence-electron chi connectivity index (χ1n) is 6.12. The lowest BCUT2D eigenvalue weighted by molar-refractivity contribution is -0.116. The molecule has 4 nitrogen and oxygen atoms in total. The number of ether oxygens (including phenoxy) is 1. The zero-order valence-electron chi connectivity index (χ0n) is 10.6. The van der Waals surface area contributed by atoms with E-state index < -0.39 is 0 Å². The fraction of sp³-hybridized carbons (Fsp3) is 0.357. The molecule has 0 fully saturated rings. The van der Waals surface area contributed by atoms with Crippen molar-refractivity contribution < 1.29 is 14.6 Å². The van der Waals surface area contributed by atoms with Gasteiger partial charge in [0.2, 0.25) is 5.91 Å². The average molecular weight is 284 g/mol. The van der Waals surface area contributed by atoms with Gasteiger partial charge in [0.1, 0.15) is 0 Å². The van der Waals surface area contributed by atoms with Crippen LogP contribution in [-0.4, -0.2) is 37.4 Å². The van der Waals surface area contributed by atoms with Crippen LogP contribution < -0.4 is 5.32 Å². The molecule has 1 rings (SSSR count). The van der Waals surface area contributed by atoms with Crippen LogP contribution >= 0.6 is 11.6 Å². The van der Waals surface area contributed by atoms with Crippen LogP contribution in [0.3, 0.4) is 0 Å². The molecule has 0 bridgehead atoms. The van der Waals surface area contributed by atoms with E-state index in [-0.39, 0.29) is 12.5 Å². The molecule has 0 spiro atoms. The summed E-state index contributed by atoms with van der Waals surface area (Å²) in [6, 6.07) is 7.24. The molecular formula is C14H18ClNO3. The van der Waals surface area contributed by atoms with Crippen LogP contribution in [0.1, 0.15) is 12.0 Å². The number of rotatable bonds is 8. The molecule has 0 aliphatic carbocycles. The van der Waals surface area contributed by atoms with Crippen LogP contribution in [-0.2, 0) is 9.53 Å². The number of nitrogens with one attached hydrogen (secondary N) is 1. The fourth-order valence-corrected chi connectivity index (χ4v) is 1.48. The molecule has 0 aromatic heterocycles. The summed E-state index contributed by atoms with van der Waals surface area (Å²) < 4.78 is 5.07. The van der Waals surface area contributed by atoms with Crippen molar-refractivity contribution in [1.82, 2.24) is 5.32 Å². The second-order valence-electron chi connectivity index (χ2n) is 3.87. The van der Waals surface area contributed by atoms with E-state index in [0.29, 0.717) is 24.8 Å². The maximum atomic E-state index is 11.5. The molecule has 0 saturated carbocycles. The minimum Gasteiger partial charge on any atom is -0.394 e. The lowest BCUT2D eigenvalue weighted by Crippen LogP contribution is -2.23. The average Bonchev–Trinajstić information content (AvgIpc) is 2.42. The molecule has 0 unspecified atom stereocenters. The summed E-state index contributed by atoms with van der Waals surface area (Å²) in [6.07, 6.45) is 3.94. The first-order chi connectivity index (χ1) is 9.22. The third-order valence-corrected chi connectivity index (χ3v) is 2.55. The van der Waals surface area contributed by atoms with Crippen LogP contribution in [0, 0.1) is 0 Å². The Balaban J connectivity index is 2.18. The molecule has 0 aliphatic heterocycles. The predicted octanol–water partition coefficient (Wildman–Crippen LogP) is 1.87. The number of hydrogen-bond acceptors (Lipinski definition) is 3. The quantitative estimate of drug-likeness (QED) is 0.566. The number of carbonyl (C=O) groups excluding carboxylic acids is 1. The Kier molecular flexibility index (Phi) is 7.89. The summed E-state index contributed by atoms with van der Waals surface area (Å²) in [6.45, 7) is 1.44. The lowest BCUT2D eigenvalue weighted by Gasteiger charge is -2.03. The van der Waals surface area contributed by atoms with Gasteiger partial charge in [-0.15, -0.1) is 0 Å². The van der Waals surface area contributed by atoms with Gasteiger partial charge in [-0.1, -0.05) is 23.7 Å². The minimum atomic E-state index is -0.142. The molecule has 104 valence electrons. The highest BCUT2D eigenvalue weighted by Crippen LogP contribution is 2.10. The predicted molar refractivity (Wildman–Crippen MR) is 76.0 cm³/mol. The topological polar surface area (TPSA) is 58.6 Å². The summed E-state index contributed by atoms with van der Waals surface area (Å²) in [7, 11) is 0. The van der Waals surface area contributed by atoms with Crippen LogP contribution in [0.25, 0.3) is 6.08 Å². The third-order valence-electron chi connectivity index (χ3n) is 2.30. The van der Waals surface area contributed by atoms with E-state index in [4.69, 9.17) is 21.4 Å². The zero-order valence-corrected chi connectivity index (χ0v) is 11.4. The van der Waals surface area contributed by atoms with Gasteiger partial charge in [-0.3, -0.25) is 4.79 Å². The fourth-order valence-electron chi connectivity index (χ4n) is 1.36. The summed E-state index contributed by atoms with van der Waals surface area (Å²) in [5.41, 5.74) is 0.922. The maximum Gasteiger partial charge on any atom is 0.244 e. The van der Waals surface area contributed by atoms with Crippen molar-refractivity contribution in [1.29, 1.82) is 0 Å². The number of carbonyl (C=O) groups is 1. The second-order valence-corrected chi connectivity index (χ2v) is 4.30. The Hall–Kier alpha value is -1.36. The van der Waals surface area contributed by atoms with Crippen LogP contribution in [0.5, 0.6) is 0 Å². The molecule has 2 N–H and O–H groups in total. The third kappa shape index (κ3) is 7.62. The Morgan fingerprint density at radius 3 is 2.74 bits per heavy atom. The van der Waals surface area contributed by atoms with Crippen molar-refractivity contribution in [3.05, 3.63) is 40.9 Å². The Morgan fingerprint density at radius 1 is 1.32 bits per heavy atom. The Morgan fingerprint density at radius 2 is 2.05 bits per heavy atom. The normalized spacial score (nSPS) is 10.8. The van der Waals surface area contributed by atoms with Crippen molar-refractivity contribution in [2.45, 2.75) is 6.42 Å². The molecule has 0 heterocycles. The number of amides is 1. The molecule has 5 heteroatoms. The number of aliphatic hydroxyl groups excluding tert-OH is 1. The first-order valence-corrected chi connectivity index (χ1v) is 6.50. The van der Waals surface area contributed by atoms with Gasteiger partial charge in [-0.2, -0.15) is 0 Å². The molecule has 1 aromatic rings. The molecule has 0 aliphatic rings. The smallest absolute Gasteiger partial charge is 0.244 e. The van der Waals surface area contributed by atoms with Gasteiger partial charge in [0, 0.05) is 24.3 Å². The highest BCUT2D eigenvalue weighted by Gasteiger charge is 1.95. The monoisotopic (exact) mass is 283 g/mol. The van der Waals surface area contributed by atoms with E-state index in [1.807, 2.05) is 12.1 Å². The van der Waals surface area contributed by atoms with E-state index in [2.05, 4.69) is 5.32 Å². The van der Waals surface area contributed by atoms with E-state index in [0.717, 1.165) is 12.0 Å². The van der Waals surface area contributed by atoms with Gasteiger partial charge in [0.15, 0.2) is 0 Å².